The molecule has 0 spiro atoms. The van der Waals surface area contributed by atoms with E-state index in [1.165, 1.54) is 5.69 Å². The van der Waals surface area contributed by atoms with Gasteiger partial charge in [0.1, 0.15) is 5.69 Å². The fourth-order valence-corrected chi connectivity index (χ4v) is 1.58. The number of benzene rings is 2. The lowest BCUT2D eigenvalue weighted by Crippen LogP contribution is -3.00. The average molecular weight is 336 g/mol. The van der Waals surface area contributed by atoms with Crippen LogP contribution >= 0.6 is 0 Å². The number of hydrogen-bond donors (Lipinski definition) is 0. The molecule has 0 atom stereocenters. The SMILES string of the molecule is C.C[N+](C)(C)c1ccc(N=Nc2ccccc2)cc1.[Br-]. The minimum atomic E-state index is 0. The highest BCUT2D eigenvalue weighted by Gasteiger charge is 2.10. The Labute approximate surface area is 132 Å². The molecule has 0 aliphatic heterocycles. The normalized spacial score (nSPS) is 10.8. The summed E-state index contributed by atoms with van der Waals surface area (Å²) in [5, 5.41) is 8.41. The van der Waals surface area contributed by atoms with Crippen molar-refractivity contribution in [2.75, 3.05) is 21.1 Å². The molecule has 0 radical (unpaired) electrons. The molecule has 0 unspecified atom stereocenters. The smallest absolute Gasteiger partial charge is 0.132 e. The standard InChI is InChI=1S/C15H18N3.CH4.BrH/c1-18(2,3)15-11-9-14(10-12-15)17-16-13-7-5-4-6-8-13;;/h4-12H,1-3H3;1H4;1H/q+1;;/p-1. The summed E-state index contributed by atoms with van der Waals surface area (Å²) in [7, 11) is 6.42. The topological polar surface area (TPSA) is 24.7 Å². The highest BCUT2D eigenvalue weighted by Crippen LogP contribution is 2.23. The zero-order chi connectivity index (χ0) is 13.0. The number of quaternary nitrogens is 1. The molecule has 0 aromatic heterocycles. The molecule has 0 N–H and O–H groups in total. The summed E-state index contributed by atoms with van der Waals surface area (Å²) in [5.41, 5.74) is 2.98. The van der Waals surface area contributed by atoms with Crippen molar-refractivity contribution in [3.05, 3.63) is 54.6 Å². The van der Waals surface area contributed by atoms with Gasteiger partial charge in [0.15, 0.2) is 0 Å². The van der Waals surface area contributed by atoms with Gasteiger partial charge in [-0.3, -0.25) is 4.48 Å². The lowest BCUT2D eigenvalue weighted by atomic mass is 10.2. The molecule has 0 bridgehead atoms. The molecule has 0 heterocycles. The first-order valence-electron chi connectivity index (χ1n) is 5.94. The van der Waals surface area contributed by atoms with Gasteiger partial charge in [0.25, 0.3) is 0 Å². The summed E-state index contributed by atoms with van der Waals surface area (Å²) in [5.74, 6) is 0. The molecule has 0 fully saturated rings. The molecule has 0 aliphatic rings. The molecule has 3 nitrogen and oxygen atoms in total. The number of nitrogens with zero attached hydrogens (tertiary/aromatic N) is 3. The Balaban J connectivity index is 0.00000180. The second kappa shape index (κ2) is 7.92. The van der Waals surface area contributed by atoms with Crippen LogP contribution in [0.1, 0.15) is 7.43 Å². The Hall–Kier alpha value is -1.52. The van der Waals surface area contributed by atoms with Crippen molar-refractivity contribution in [2.24, 2.45) is 10.2 Å². The molecule has 0 aliphatic carbocycles. The molecule has 2 aromatic rings. The van der Waals surface area contributed by atoms with E-state index in [4.69, 9.17) is 0 Å². The molecule has 108 valence electrons. The Morgan fingerprint density at radius 1 is 0.700 bits per heavy atom. The number of azo groups is 1. The van der Waals surface area contributed by atoms with E-state index in [0.29, 0.717) is 0 Å². The van der Waals surface area contributed by atoms with Gasteiger partial charge in [-0.2, -0.15) is 10.2 Å². The lowest BCUT2D eigenvalue weighted by Gasteiger charge is -2.23. The molecule has 2 rings (SSSR count). The van der Waals surface area contributed by atoms with Crippen LogP contribution < -0.4 is 21.5 Å². The van der Waals surface area contributed by atoms with E-state index >= 15 is 0 Å². The quantitative estimate of drug-likeness (QED) is 0.605. The van der Waals surface area contributed by atoms with Crippen molar-refractivity contribution in [1.82, 2.24) is 4.48 Å². The summed E-state index contributed by atoms with van der Waals surface area (Å²) >= 11 is 0. The molecule has 0 saturated heterocycles. The van der Waals surface area contributed by atoms with Gasteiger partial charge in [0, 0.05) is 12.1 Å². The molecular weight excluding hydrogens is 314 g/mol. The number of halogens is 1. The van der Waals surface area contributed by atoms with E-state index < -0.39 is 0 Å². The van der Waals surface area contributed by atoms with Gasteiger partial charge in [0.2, 0.25) is 0 Å². The molecule has 20 heavy (non-hydrogen) atoms. The van der Waals surface area contributed by atoms with E-state index in [-0.39, 0.29) is 24.4 Å². The zero-order valence-corrected chi connectivity index (χ0v) is 13.0. The minimum absolute atomic E-state index is 0. The number of rotatable bonds is 3. The van der Waals surface area contributed by atoms with E-state index in [1.54, 1.807) is 0 Å². The van der Waals surface area contributed by atoms with Crippen LogP contribution in [0, 0.1) is 0 Å². The Morgan fingerprint density at radius 3 is 1.60 bits per heavy atom. The van der Waals surface area contributed by atoms with Gasteiger partial charge in [-0.1, -0.05) is 25.6 Å². The first-order valence-corrected chi connectivity index (χ1v) is 5.94. The monoisotopic (exact) mass is 335 g/mol. The number of hydrogen-bond acceptors (Lipinski definition) is 2. The zero-order valence-electron chi connectivity index (χ0n) is 11.4. The maximum Gasteiger partial charge on any atom is 0.132 e. The second-order valence-electron chi connectivity index (χ2n) is 5.06. The van der Waals surface area contributed by atoms with Crippen LogP contribution in [0.2, 0.25) is 0 Å². The van der Waals surface area contributed by atoms with E-state index in [1.807, 2.05) is 42.5 Å². The predicted molar refractivity (Wildman–Crippen MR) is 83.4 cm³/mol. The van der Waals surface area contributed by atoms with Crippen LogP contribution in [0.4, 0.5) is 17.1 Å². The first kappa shape index (κ1) is 18.5. The first-order chi connectivity index (χ1) is 8.55. The molecule has 0 saturated carbocycles. The maximum absolute atomic E-state index is 4.22. The van der Waals surface area contributed by atoms with Gasteiger partial charge in [-0.05, 0) is 24.3 Å². The van der Waals surface area contributed by atoms with Crippen LogP contribution in [0.15, 0.2) is 64.8 Å². The van der Waals surface area contributed by atoms with Gasteiger partial charge in [0.05, 0.1) is 32.5 Å². The van der Waals surface area contributed by atoms with Crippen molar-refractivity contribution in [3.63, 3.8) is 0 Å². The molecule has 2 aromatic carbocycles. The van der Waals surface area contributed by atoms with Gasteiger partial charge < -0.3 is 17.0 Å². The molecule has 4 heteroatoms. The van der Waals surface area contributed by atoms with Gasteiger partial charge in [-0.15, -0.1) is 0 Å². The van der Waals surface area contributed by atoms with Crippen molar-refractivity contribution in [1.29, 1.82) is 0 Å². The van der Waals surface area contributed by atoms with Crippen molar-refractivity contribution < 1.29 is 17.0 Å². The van der Waals surface area contributed by atoms with Gasteiger partial charge >= 0.3 is 0 Å². The summed E-state index contributed by atoms with van der Waals surface area (Å²) in [4.78, 5) is 0. The predicted octanol–water partition coefficient (Wildman–Crippen LogP) is 1.94. The van der Waals surface area contributed by atoms with Crippen LogP contribution in [-0.4, -0.2) is 21.1 Å². The maximum atomic E-state index is 4.22. The van der Waals surface area contributed by atoms with Crippen molar-refractivity contribution in [3.8, 4) is 0 Å². The molecule has 0 amide bonds. The fourth-order valence-electron chi connectivity index (χ4n) is 1.58. The third-order valence-corrected chi connectivity index (χ3v) is 2.66. The summed E-state index contributed by atoms with van der Waals surface area (Å²) in [6, 6.07) is 17.9. The van der Waals surface area contributed by atoms with E-state index in [9.17, 15) is 0 Å². The molecular formula is C16H22BrN3. The van der Waals surface area contributed by atoms with E-state index in [0.717, 1.165) is 15.9 Å². The summed E-state index contributed by atoms with van der Waals surface area (Å²) in [6.07, 6.45) is 0. The third kappa shape index (κ3) is 5.23. The summed E-state index contributed by atoms with van der Waals surface area (Å²) < 4.78 is 0.802. The highest BCUT2D eigenvalue weighted by atomic mass is 79.9. The Morgan fingerprint density at radius 2 is 1.15 bits per heavy atom. The van der Waals surface area contributed by atoms with Crippen LogP contribution in [0.3, 0.4) is 0 Å². The van der Waals surface area contributed by atoms with Crippen LogP contribution in [-0.2, 0) is 0 Å². The minimum Gasteiger partial charge on any atom is -1.00 e. The van der Waals surface area contributed by atoms with Crippen molar-refractivity contribution >= 4 is 17.1 Å². The van der Waals surface area contributed by atoms with E-state index in [2.05, 4.69) is 43.5 Å². The summed E-state index contributed by atoms with van der Waals surface area (Å²) in [6.45, 7) is 0. The van der Waals surface area contributed by atoms with Crippen LogP contribution in [0.25, 0.3) is 0 Å². The second-order valence-corrected chi connectivity index (χ2v) is 5.06. The largest absolute Gasteiger partial charge is 1.00 e. The third-order valence-electron chi connectivity index (χ3n) is 2.66. The van der Waals surface area contributed by atoms with Gasteiger partial charge in [-0.25, -0.2) is 0 Å². The Bertz CT molecular complexity index is 528. The van der Waals surface area contributed by atoms with Crippen LogP contribution in [0.5, 0.6) is 0 Å². The fraction of sp³-hybridized carbons (Fsp3) is 0.250. The highest BCUT2D eigenvalue weighted by molar-refractivity contribution is 5.49. The average Bonchev–Trinajstić information content (AvgIpc) is 2.37. The van der Waals surface area contributed by atoms with Crippen molar-refractivity contribution in [2.45, 2.75) is 7.43 Å². The Kier molecular flexibility index (Phi) is 7.32. The lowest BCUT2D eigenvalue weighted by molar-refractivity contribution is -0.00000439.